The lowest BCUT2D eigenvalue weighted by molar-refractivity contribution is 0.00360. The predicted molar refractivity (Wildman–Crippen MR) is 205 cm³/mol. The second kappa shape index (κ2) is 35.1. The Morgan fingerprint density at radius 3 is 1.02 bits per heavy atom. The zero-order valence-corrected chi connectivity index (χ0v) is 31.8. The molecule has 56 heavy (non-hydrogen) atoms. The van der Waals surface area contributed by atoms with Gasteiger partial charge in [-0.25, -0.2) is 19.2 Å². The summed E-state index contributed by atoms with van der Waals surface area (Å²) in [5.41, 5.74) is 0.377. The van der Waals surface area contributed by atoms with Gasteiger partial charge in [-0.2, -0.15) is 0 Å². The number of rotatable bonds is 28. The van der Waals surface area contributed by atoms with Crippen molar-refractivity contribution in [3.63, 3.8) is 0 Å². The van der Waals surface area contributed by atoms with Crippen LogP contribution in [0.25, 0.3) is 0 Å². The van der Waals surface area contributed by atoms with E-state index in [1.54, 1.807) is 12.1 Å². The quantitative estimate of drug-likeness (QED) is 0.0733. The molecule has 17 heteroatoms. The van der Waals surface area contributed by atoms with Crippen molar-refractivity contribution in [3.05, 3.63) is 58.7 Å². The van der Waals surface area contributed by atoms with E-state index in [4.69, 9.17) is 43.0 Å². The van der Waals surface area contributed by atoms with Gasteiger partial charge in [-0.05, 0) is 42.8 Å². The number of aliphatic hydroxyl groups excluding tert-OH is 1. The van der Waals surface area contributed by atoms with Crippen molar-refractivity contribution < 1.29 is 81.1 Å². The number of ether oxygens (including phenoxy) is 12. The molecule has 1 N–H and O–H groups in total. The molecule has 0 saturated heterocycles. The standard InChI is InChI=1S/C19H28O8.C18H26O9.2CH4/c1-4-7-24-8-9-25-10-11-26-12-13-27-15-5-6-16(18(20)22-2)17(14-15)19(21)23-3;1-22-17(20)15-4-3-14(13-16(15)18(21)23-2)27-12-11-26-10-9-25-8-7-24-6-5-19;;/h5-6,14H,4,7-13H2,1-3H3;3-4,13,19H,5-12H2,1-2H3;2*1H4. The molecule has 0 heterocycles. The molecule has 0 atom stereocenters. The molecule has 320 valence electrons. The minimum Gasteiger partial charge on any atom is -0.491 e. The van der Waals surface area contributed by atoms with Gasteiger partial charge in [-0.3, -0.25) is 0 Å². The molecule has 2 aromatic carbocycles. The van der Waals surface area contributed by atoms with Crippen LogP contribution in [0.15, 0.2) is 36.4 Å². The Balaban J connectivity index is 0. The molecule has 17 nitrogen and oxygen atoms in total. The zero-order chi connectivity index (χ0) is 39.8. The average Bonchev–Trinajstić information content (AvgIpc) is 3.20. The molecule has 2 rings (SSSR count). The van der Waals surface area contributed by atoms with E-state index in [-0.39, 0.29) is 56.9 Å². The minimum absolute atomic E-state index is 0. The monoisotopic (exact) mass is 802 g/mol. The molecule has 0 amide bonds. The largest absolute Gasteiger partial charge is 0.491 e. The molecule has 0 aromatic heterocycles. The highest BCUT2D eigenvalue weighted by atomic mass is 16.6. The number of carbonyl (C=O) groups excluding carboxylic acids is 4. The van der Waals surface area contributed by atoms with Crippen LogP contribution in [0.2, 0.25) is 0 Å². The number of benzene rings is 2. The molecule has 0 fully saturated rings. The van der Waals surface area contributed by atoms with Crippen LogP contribution in [0.3, 0.4) is 0 Å². The first-order chi connectivity index (χ1) is 26.3. The van der Waals surface area contributed by atoms with E-state index < -0.39 is 23.9 Å². The van der Waals surface area contributed by atoms with Crippen molar-refractivity contribution in [1.29, 1.82) is 0 Å². The van der Waals surface area contributed by atoms with E-state index in [0.29, 0.717) is 84.2 Å². The van der Waals surface area contributed by atoms with Crippen molar-refractivity contribution in [1.82, 2.24) is 0 Å². The first-order valence-electron chi connectivity index (χ1n) is 17.2. The lowest BCUT2D eigenvalue weighted by Crippen LogP contribution is -2.14. The van der Waals surface area contributed by atoms with E-state index in [1.165, 1.54) is 52.7 Å². The number of hydrogen-bond donors (Lipinski definition) is 1. The fourth-order valence-electron chi connectivity index (χ4n) is 4.09. The van der Waals surface area contributed by atoms with Crippen LogP contribution in [0, 0.1) is 0 Å². The second-order valence-corrected chi connectivity index (χ2v) is 10.5. The van der Waals surface area contributed by atoms with Gasteiger partial charge in [0.15, 0.2) is 0 Å². The SMILES string of the molecule is C.C.CCCOCCOCCOCCOc1ccc(C(=O)OC)c(C(=O)OC)c1.COC(=O)c1ccc(OCCOCCOCCOCCO)cc1C(=O)OC. The maximum Gasteiger partial charge on any atom is 0.338 e. The van der Waals surface area contributed by atoms with Crippen molar-refractivity contribution in [3.8, 4) is 11.5 Å². The van der Waals surface area contributed by atoms with E-state index in [1.807, 2.05) is 0 Å². The number of hydrogen-bond acceptors (Lipinski definition) is 17. The summed E-state index contributed by atoms with van der Waals surface area (Å²) in [6.45, 7) is 8.08. The summed E-state index contributed by atoms with van der Waals surface area (Å²) in [5, 5.41) is 8.53. The van der Waals surface area contributed by atoms with Crippen molar-refractivity contribution >= 4 is 23.9 Å². The summed E-state index contributed by atoms with van der Waals surface area (Å²) >= 11 is 0. The lowest BCUT2D eigenvalue weighted by Gasteiger charge is -2.11. The van der Waals surface area contributed by atoms with E-state index in [2.05, 4.69) is 25.9 Å². The normalized spacial score (nSPS) is 10.1. The molecule has 0 radical (unpaired) electrons. The fourth-order valence-corrected chi connectivity index (χ4v) is 4.09. The zero-order valence-electron chi connectivity index (χ0n) is 31.8. The molecule has 0 saturated carbocycles. The Hall–Kier alpha value is -4.36. The predicted octanol–water partition coefficient (Wildman–Crippen LogP) is 4.05. The van der Waals surface area contributed by atoms with Gasteiger partial charge in [0.2, 0.25) is 0 Å². The number of carbonyl (C=O) groups is 4. The summed E-state index contributed by atoms with van der Waals surface area (Å²) in [6, 6.07) is 8.92. The van der Waals surface area contributed by atoms with Gasteiger partial charge in [0.25, 0.3) is 0 Å². The smallest absolute Gasteiger partial charge is 0.338 e. The van der Waals surface area contributed by atoms with Gasteiger partial charge >= 0.3 is 23.9 Å². The number of aliphatic hydroxyl groups is 1. The van der Waals surface area contributed by atoms with E-state index >= 15 is 0 Å². The highest BCUT2D eigenvalue weighted by Gasteiger charge is 2.20. The molecule has 2 aromatic rings. The van der Waals surface area contributed by atoms with Gasteiger partial charge in [0.1, 0.15) is 24.7 Å². The van der Waals surface area contributed by atoms with Gasteiger partial charge in [0.05, 0.1) is 130 Å². The number of methoxy groups -OCH3 is 4. The summed E-state index contributed by atoms with van der Waals surface area (Å²) < 4.78 is 61.5. The third-order valence-corrected chi connectivity index (χ3v) is 6.67. The molecule has 0 spiro atoms. The van der Waals surface area contributed by atoms with Gasteiger partial charge in [0, 0.05) is 6.61 Å². The Morgan fingerprint density at radius 2 is 0.714 bits per heavy atom. The Bertz CT molecular complexity index is 1250. The van der Waals surface area contributed by atoms with Crippen LogP contribution in [-0.2, 0) is 47.4 Å². The van der Waals surface area contributed by atoms with Crippen LogP contribution in [0.1, 0.15) is 69.6 Å². The van der Waals surface area contributed by atoms with Crippen LogP contribution in [-0.4, -0.2) is 157 Å². The Labute approximate surface area is 330 Å². The summed E-state index contributed by atoms with van der Waals surface area (Å²) in [5.74, 6) is -1.72. The van der Waals surface area contributed by atoms with E-state index in [9.17, 15) is 19.2 Å². The molecular weight excluding hydrogens is 740 g/mol. The third kappa shape index (κ3) is 22.9. The number of esters is 4. The van der Waals surface area contributed by atoms with Crippen LogP contribution in [0.5, 0.6) is 11.5 Å². The van der Waals surface area contributed by atoms with Gasteiger partial charge in [-0.1, -0.05) is 21.8 Å². The Kier molecular flexibility index (Phi) is 33.7. The fraction of sp³-hybridized carbons (Fsp3) is 0.590. The molecule has 0 aliphatic carbocycles. The van der Waals surface area contributed by atoms with Crippen LogP contribution >= 0.6 is 0 Å². The van der Waals surface area contributed by atoms with Gasteiger partial charge in [-0.15, -0.1) is 0 Å². The molecular formula is C39H62O17. The maximum atomic E-state index is 11.8. The minimum atomic E-state index is -0.655. The van der Waals surface area contributed by atoms with Crippen LogP contribution in [0.4, 0.5) is 0 Å². The summed E-state index contributed by atoms with van der Waals surface area (Å²) in [4.78, 5) is 47.1. The summed E-state index contributed by atoms with van der Waals surface area (Å²) in [6.07, 6.45) is 0.996. The molecule has 0 aliphatic rings. The lowest BCUT2D eigenvalue weighted by atomic mass is 10.1. The first kappa shape index (κ1) is 53.7. The van der Waals surface area contributed by atoms with Crippen molar-refractivity contribution in [2.45, 2.75) is 28.2 Å². The van der Waals surface area contributed by atoms with Crippen molar-refractivity contribution in [2.24, 2.45) is 0 Å². The van der Waals surface area contributed by atoms with E-state index in [0.717, 1.165) is 13.0 Å². The topological polar surface area (TPSA) is 199 Å². The summed E-state index contributed by atoms with van der Waals surface area (Å²) in [7, 11) is 4.94. The third-order valence-electron chi connectivity index (χ3n) is 6.67. The molecule has 0 unspecified atom stereocenters. The molecule has 0 bridgehead atoms. The maximum absolute atomic E-state index is 11.8. The second-order valence-electron chi connectivity index (χ2n) is 10.5. The molecule has 0 aliphatic heterocycles. The van der Waals surface area contributed by atoms with Crippen molar-refractivity contribution in [2.75, 3.05) is 128 Å². The highest BCUT2D eigenvalue weighted by Crippen LogP contribution is 2.21. The first-order valence-corrected chi connectivity index (χ1v) is 17.2. The van der Waals surface area contributed by atoms with Crippen LogP contribution < -0.4 is 9.47 Å². The van der Waals surface area contributed by atoms with Gasteiger partial charge < -0.3 is 61.9 Å². The Morgan fingerprint density at radius 1 is 0.429 bits per heavy atom. The highest BCUT2D eigenvalue weighted by molar-refractivity contribution is 6.04. The average molecular weight is 803 g/mol.